The van der Waals surface area contributed by atoms with Gasteiger partial charge < -0.3 is 10.1 Å². The highest BCUT2D eigenvalue weighted by atomic mass is 35.5. The standard InChI is InChI=1S/C19H19ClN2O4/c1-26-14-5-4-12(20)9-13(14)21-15(23)6-7-22-18(24)16-10-2-3-11(8-10)17(16)19(22)25/h2-5,9-11,16-17H,6-8H2,1H3,(H,21,23)/t10-,11-,16-,17+/m0/s1. The first-order valence-electron chi connectivity index (χ1n) is 8.66. The smallest absolute Gasteiger partial charge is 0.233 e. The van der Waals surface area contributed by atoms with Crippen molar-refractivity contribution in [2.24, 2.45) is 23.7 Å². The molecule has 1 N–H and O–H groups in total. The van der Waals surface area contributed by atoms with Crippen LogP contribution in [0.3, 0.4) is 0 Å². The van der Waals surface area contributed by atoms with E-state index in [1.165, 1.54) is 12.0 Å². The summed E-state index contributed by atoms with van der Waals surface area (Å²) >= 11 is 5.95. The minimum Gasteiger partial charge on any atom is -0.495 e. The second-order valence-corrected chi connectivity index (χ2v) is 7.41. The summed E-state index contributed by atoms with van der Waals surface area (Å²) in [5.74, 6) is -0.179. The highest BCUT2D eigenvalue weighted by Crippen LogP contribution is 2.52. The van der Waals surface area contributed by atoms with E-state index in [0.29, 0.717) is 16.5 Å². The van der Waals surface area contributed by atoms with Crippen molar-refractivity contribution in [3.8, 4) is 5.75 Å². The number of nitrogens with one attached hydrogen (secondary N) is 1. The Kier molecular flexibility index (Phi) is 4.23. The van der Waals surface area contributed by atoms with E-state index in [2.05, 4.69) is 17.5 Å². The van der Waals surface area contributed by atoms with Crippen LogP contribution in [-0.4, -0.2) is 36.3 Å². The van der Waals surface area contributed by atoms with Gasteiger partial charge in [-0.3, -0.25) is 19.3 Å². The third-order valence-corrected chi connectivity index (χ3v) is 5.79. The number of nitrogens with zero attached hydrogens (tertiary/aromatic N) is 1. The lowest BCUT2D eigenvalue weighted by Gasteiger charge is -2.17. The Hall–Kier alpha value is -2.34. The Morgan fingerprint density at radius 3 is 2.50 bits per heavy atom. The highest BCUT2D eigenvalue weighted by Gasteiger charge is 2.58. The fourth-order valence-corrected chi connectivity index (χ4v) is 4.56. The van der Waals surface area contributed by atoms with Gasteiger partial charge in [0.05, 0.1) is 24.6 Å². The molecule has 1 aromatic rings. The van der Waals surface area contributed by atoms with Gasteiger partial charge in [0, 0.05) is 18.0 Å². The van der Waals surface area contributed by atoms with Crippen LogP contribution in [-0.2, 0) is 14.4 Å². The van der Waals surface area contributed by atoms with Crippen molar-refractivity contribution >= 4 is 35.0 Å². The fourth-order valence-electron chi connectivity index (χ4n) is 4.39. The van der Waals surface area contributed by atoms with Crippen molar-refractivity contribution in [2.45, 2.75) is 12.8 Å². The molecule has 1 heterocycles. The third kappa shape index (κ3) is 2.69. The first-order chi connectivity index (χ1) is 12.5. The van der Waals surface area contributed by atoms with Crippen molar-refractivity contribution < 1.29 is 19.1 Å². The molecule has 6 nitrogen and oxygen atoms in total. The molecular formula is C19H19ClN2O4. The summed E-state index contributed by atoms with van der Waals surface area (Å²) in [7, 11) is 1.50. The number of carbonyl (C=O) groups is 3. The Balaban J connectivity index is 1.39. The van der Waals surface area contributed by atoms with Crippen molar-refractivity contribution in [2.75, 3.05) is 19.0 Å². The Bertz CT molecular complexity index is 792. The van der Waals surface area contributed by atoms with Crippen LogP contribution in [0.5, 0.6) is 5.75 Å². The molecule has 26 heavy (non-hydrogen) atoms. The number of fused-ring (bicyclic) bond motifs is 5. The van der Waals surface area contributed by atoms with E-state index in [1.807, 2.05) is 0 Å². The number of hydrogen-bond acceptors (Lipinski definition) is 4. The maximum absolute atomic E-state index is 12.6. The molecule has 1 aliphatic heterocycles. The van der Waals surface area contributed by atoms with Crippen LogP contribution in [0.25, 0.3) is 0 Å². The van der Waals surface area contributed by atoms with Crippen molar-refractivity contribution in [3.63, 3.8) is 0 Å². The van der Waals surface area contributed by atoms with Gasteiger partial charge in [-0.2, -0.15) is 0 Å². The SMILES string of the molecule is COc1ccc(Cl)cc1NC(=O)CCN1C(=O)[C@@H]2[C@H](C1=O)[C@H]1C=C[C@H]2C1. The average Bonchev–Trinajstić information content (AvgIpc) is 3.28. The first-order valence-corrected chi connectivity index (χ1v) is 9.04. The molecule has 2 aliphatic carbocycles. The second-order valence-electron chi connectivity index (χ2n) is 6.97. The number of anilines is 1. The predicted octanol–water partition coefficient (Wildman–Crippen LogP) is 2.48. The first kappa shape index (κ1) is 17.1. The normalized spacial score (nSPS) is 28.6. The quantitative estimate of drug-likeness (QED) is 0.634. The summed E-state index contributed by atoms with van der Waals surface area (Å²) in [5, 5.41) is 3.20. The molecule has 0 spiro atoms. The van der Waals surface area contributed by atoms with Gasteiger partial charge in [-0.15, -0.1) is 0 Å². The minimum absolute atomic E-state index is 0.0371. The van der Waals surface area contributed by atoms with E-state index in [0.717, 1.165) is 6.42 Å². The van der Waals surface area contributed by atoms with E-state index in [-0.39, 0.29) is 54.4 Å². The Labute approximate surface area is 156 Å². The molecular weight excluding hydrogens is 356 g/mol. The van der Waals surface area contributed by atoms with Gasteiger partial charge in [-0.05, 0) is 36.5 Å². The van der Waals surface area contributed by atoms with Crippen LogP contribution in [0.15, 0.2) is 30.4 Å². The number of methoxy groups -OCH3 is 1. The van der Waals surface area contributed by atoms with E-state index in [9.17, 15) is 14.4 Å². The van der Waals surface area contributed by atoms with Gasteiger partial charge in [0.1, 0.15) is 5.75 Å². The Morgan fingerprint density at radius 2 is 1.88 bits per heavy atom. The molecule has 0 unspecified atom stereocenters. The number of carbonyl (C=O) groups excluding carboxylic acids is 3. The molecule has 4 atom stereocenters. The number of benzene rings is 1. The summed E-state index contributed by atoms with van der Waals surface area (Å²) in [4.78, 5) is 38.7. The number of ether oxygens (including phenoxy) is 1. The summed E-state index contributed by atoms with van der Waals surface area (Å²) in [5.41, 5.74) is 0.461. The number of allylic oxidation sites excluding steroid dienone is 2. The van der Waals surface area contributed by atoms with Crippen LogP contribution in [0, 0.1) is 23.7 Å². The van der Waals surface area contributed by atoms with Crippen LogP contribution in [0.4, 0.5) is 5.69 Å². The topological polar surface area (TPSA) is 75.7 Å². The molecule has 1 saturated heterocycles. The number of imide groups is 1. The zero-order valence-electron chi connectivity index (χ0n) is 14.3. The van der Waals surface area contributed by atoms with E-state index in [1.54, 1.807) is 18.2 Å². The van der Waals surface area contributed by atoms with E-state index in [4.69, 9.17) is 16.3 Å². The van der Waals surface area contributed by atoms with Crippen molar-refractivity contribution in [1.82, 2.24) is 4.90 Å². The number of hydrogen-bond donors (Lipinski definition) is 1. The zero-order chi connectivity index (χ0) is 18.4. The molecule has 0 radical (unpaired) electrons. The third-order valence-electron chi connectivity index (χ3n) is 5.56. The average molecular weight is 375 g/mol. The van der Waals surface area contributed by atoms with Crippen molar-refractivity contribution in [3.05, 3.63) is 35.4 Å². The van der Waals surface area contributed by atoms with E-state index < -0.39 is 0 Å². The van der Waals surface area contributed by atoms with Crippen LogP contribution >= 0.6 is 11.6 Å². The monoisotopic (exact) mass is 374 g/mol. The molecule has 0 aromatic heterocycles. The van der Waals surface area contributed by atoms with Gasteiger partial charge in [0.2, 0.25) is 17.7 Å². The zero-order valence-corrected chi connectivity index (χ0v) is 15.0. The van der Waals surface area contributed by atoms with Gasteiger partial charge in [0.15, 0.2) is 0 Å². The molecule has 3 aliphatic rings. The van der Waals surface area contributed by atoms with Gasteiger partial charge >= 0.3 is 0 Å². The molecule has 136 valence electrons. The summed E-state index contributed by atoms with van der Waals surface area (Å²) in [6.07, 6.45) is 5.04. The summed E-state index contributed by atoms with van der Waals surface area (Å²) < 4.78 is 5.20. The molecule has 2 bridgehead atoms. The van der Waals surface area contributed by atoms with Crippen LogP contribution in [0.1, 0.15) is 12.8 Å². The lowest BCUT2D eigenvalue weighted by atomic mass is 9.85. The van der Waals surface area contributed by atoms with Gasteiger partial charge in [-0.25, -0.2) is 0 Å². The van der Waals surface area contributed by atoms with Crippen LogP contribution in [0.2, 0.25) is 5.02 Å². The highest BCUT2D eigenvalue weighted by molar-refractivity contribution is 6.31. The largest absolute Gasteiger partial charge is 0.495 e. The molecule has 1 aromatic carbocycles. The van der Waals surface area contributed by atoms with E-state index >= 15 is 0 Å². The molecule has 4 rings (SSSR count). The number of halogens is 1. The van der Waals surface area contributed by atoms with Gasteiger partial charge in [-0.1, -0.05) is 23.8 Å². The number of amides is 3. The van der Waals surface area contributed by atoms with Crippen molar-refractivity contribution in [1.29, 1.82) is 0 Å². The molecule has 7 heteroatoms. The summed E-state index contributed by atoms with van der Waals surface area (Å²) in [6, 6.07) is 4.92. The number of likely N-dealkylation sites (tertiary alicyclic amines) is 1. The number of rotatable bonds is 5. The van der Waals surface area contributed by atoms with Crippen LogP contribution < -0.4 is 10.1 Å². The predicted molar refractivity (Wildman–Crippen MR) is 95.7 cm³/mol. The van der Waals surface area contributed by atoms with Gasteiger partial charge in [0.25, 0.3) is 0 Å². The molecule has 1 saturated carbocycles. The minimum atomic E-state index is -0.302. The lowest BCUT2D eigenvalue weighted by molar-refractivity contribution is -0.140. The lowest BCUT2D eigenvalue weighted by Crippen LogP contribution is -2.35. The fraction of sp³-hybridized carbons (Fsp3) is 0.421. The molecule has 3 amide bonds. The Morgan fingerprint density at radius 1 is 1.23 bits per heavy atom. The maximum Gasteiger partial charge on any atom is 0.233 e. The second kappa shape index (κ2) is 6.43. The molecule has 2 fully saturated rings. The maximum atomic E-state index is 12.6. The summed E-state index contributed by atoms with van der Waals surface area (Å²) in [6.45, 7) is 0.0961.